The first kappa shape index (κ1) is 24.8. The van der Waals surface area contributed by atoms with Crippen molar-refractivity contribution in [2.75, 3.05) is 32.6 Å². The zero-order valence-corrected chi connectivity index (χ0v) is 20.3. The maximum Gasteiger partial charge on any atom is 0.291 e. The quantitative estimate of drug-likeness (QED) is 0.497. The molecule has 2 N–H and O–H groups in total. The second-order valence-electron chi connectivity index (χ2n) is 8.51. The molecule has 0 bridgehead atoms. The Bertz CT molecular complexity index is 1180. The molecule has 1 aliphatic heterocycles. The largest absolute Gasteiger partial charge is 0.497 e. The van der Waals surface area contributed by atoms with Crippen LogP contribution in [0.1, 0.15) is 39.3 Å². The number of hydrogen-bond donors (Lipinski definition) is 2. The smallest absolute Gasteiger partial charge is 0.291 e. The van der Waals surface area contributed by atoms with Gasteiger partial charge in [-0.1, -0.05) is 12.1 Å². The summed E-state index contributed by atoms with van der Waals surface area (Å²) in [6.45, 7) is 1.38. The first-order valence-corrected chi connectivity index (χ1v) is 11.7. The highest BCUT2D eigenvalue weighted by atomic mass is 16.5. The van der Waals surface area contributed by atoms with Crippen molar-refractivity contribution in [3.63, 3.8) is 0 Å². The number of nitrogens with zero attached hydrogens (tertiary/aromatic N) is 1. The number of carbonyl (C=O) groups is 3. The van der Waals surface area contributed by atoms with Gasteiger partial charge in [0.1, 0.15) is 11.5 Å². The number of amides is 3. The normalized spacial score (nSPS) is 13.7. The van der Waals surface area contributed by atoms with E-state index in [1.807, 2.05) is 12.1 Å². The molecule has 9 nitrogen and oxygen atoms in total. The molecule has 0 radical (unpaired) electrons. The summed E-state index contributed by atoms with van der Waals surface area (Å²) >= 11 is 0. The Balaban J connectivity index is 1.24. The Morgan fingerprint density at radius 3 is 2.22 bits per heavy atom. The van der Waals surface area contributed by atoms with E-state index < -0.39 is 0 Å². The van der Waals surface area contributed by atoms with Crippen molar-refractivity contribution in [2.24, 2.45) is 5.92 Å². The summed E-state index contributed by atoms with van der Waals surface area (Å²) in [6, 6.07) is 15.6. The Morgan fingerprint density at radius 1 is 0.972 bits per heavy atom. The van der Waals surface area contributed by atoms with E-state index in [9.17, 15) is 14.4 Å². The summed E-state index contributed by atoms with van der Waals surface area (Å²) in [5.41, 5.74) is 2.05. The highest BCUT2D eigenvalue weighted by Crippen LogP contribution is 2.25. The van der Waals surface area contributed by atoms with Crippen LogP contribution in [0, 0.1) is 5.92 Å². The fourth-order valence-electron chi connectivity index (χ4n) is 4.10. The molecule has 1 fully saturated rings. The number of piperidine rings is 1. The Morgan fingerprint density at radius 2 is 1.64 bits per heavy atom. The van der Waals surface area contributed by atoms with E-state index in [-0.39, 0.29) is 29.4 Å². The van der Waals surface area contributed by atoms with Crippen LogP contribution in [0.3, 0.4) is 0 Å². The molecule has 2 aromatic carbocycles. The van der Waals surface area contributed by atoms with E-state index in [1.54, 1.807) is 61.6 Å². The first-order chi connectivity index (χ1) is 17.5. The van der Waals surface area contributed by atoms with Crippen LogP contribution < -0.4 is 20.1 Å². The van der Waals surface area contributed by atoms with Crippen LogP contribution >= 0.6 is 0 Å². The van der Waals surface area contributed by atoms with Gasteiger partial charge in [-0.3, -0.25) is 14.4 Å². The van der Waals surface area contributed by atoms with Crippen molar-refractivity contribution in [3.8, 4) is 11.5 Å². The van der Waals surface area contributed by atoms with Crippen LogP contribution in [-0.2, 0) is 11.3 Å². The fourth-order valence-corrected chi connectivity index (χ4v) is 4.10. The van der Waals surface area contributed by atoms with Crippen LogP contribution in [0.25, 0.3) is 0 Å². The minimum atomic E-state index is -0.323. The fraction of sp³-hybridized carbons (Fsp3) is 0.296. The molecule has 1 aliphatic rings. The molecule has 0 unspecified atom stereocenters. The molecule has 3 amide bonds. The number of methoxy groups -OCH3 is 2. The zero-order valence-electron chi connectivity index (χ0n) is 20.3. The van der Waals surface area contributed by atoms with E-state index in [2.05, 4.69) is 10.6 Å². The third kappa shape index (κ3) is 6.04. The average molecular weight is 492 g/mol. The predicted molar refractivity (Wildman–Crippen MR) is 133 cm³/mol. The molecule has 4 rings (SSSR count). The number of ether oxygens (including phenoxy) is 2. The molecule has 9 heteroatoms. The number of carbonyl (C=O) groups excluding carboxylic acids is 3. The SMILES string of the molecule is COc1cc(OC)cc(C(=O)N2CCC(C(=O)NCc3ccc(NC(=O)c4ccco4)cc3)CC2)c1. The van der Waals surface area contributed by atoms with Crippen molar-refractivity contribution in [3.05, 3.63) is 77.7 Å². The molecule has 2 heterocycles. The van der Waals surface area contributed by atoms with Gasteiger partial charge >= 0.3 is 0 Å². The highest BCUT2D eigenvalue weighted by molar-refractivity contribution is 6.02. The summed E-state index contributed by atoms with van der Waals surface area (Å²) in [5, 5.41) is 5.74. The molecule has 0 spiro atoms. The Labute approximate surface area is 209 Å². The zero-order chi connectivity index (χ0) is 25.5. The molecular weight excluding hydrogens is 462 g/mol. The predicted octanol–water partition coefficient (Wildman–Crippen LogP) is 3.72. The van der Waals surface area contributed by atoms with Crippen molar-refractivity contribution in [1.29, 1.82) is 0 Å². The van der Waals surface area contributed by atoms with Crippen molar-refractivity contribution in [2.45, 2.75) is 19.4 Å². The third-order valence-electron chi connectivity index (χ3n) is 6.17. The average Bonchev–Trinajstić information content (AvgIpc) is 3.47. The van der Waals surface area contributed by atoms with E-state index in [0.29, 0.717) is 55.2 Å². The Kier molecular flexibility index (Phi) is 7.89. The number of likely N-dealkylation sites (tertiary alicyclic amines) is 1. The van der Waals surface area contributed by atoms with Gasteiger partial charge in [0.15, 0.2) is 5.76 Å². The first-order valence-electron chi connectivity index (χ1n) is 11.7. The lowest BCUT2D eigenvalue weighted by Gasteiger charge is -2.31. The minimum Gasteiger partial charge on any atom is -0.497 e. The van der Waals surface area contributed by atoms with Crippen molar-refractivity contribution >= 4 is 23.4 Å². The number of furan rings is 1. The van der Waals surface area contributed by atoms with Gasteiger partial charge in [0.05, 0.1) is 20.5 Å². The van der Waals surface area contributed by atoms with Gasteiger partial charge in [-0.25, -0.2) is 0 Å². The van der Waals surface area contributed by atoms with E-state index in [0.717, 1.165) is 5.56 Å². The van der Waals surface area contributed by atoms with Gasteiger partial charge in [0, 0.05) is 42.9 Å². The van der Waals surface area contributed by atoms with Crippen LogP contribution in [0.2, 0.25) is 0 Å². The van der Waals surface area contributed by atoms with Gasteiger partial charge in [-0.05, 0) is 54.8 Å². The summed E-state index contributed by atoms with van der Waals surface area (Å²) in [4.78, 5) is 39.5. The van der Waals surface area contributed by atoms with Crippen molar-refractivity contribution < 1.29 is 28.3 Å². The summed E-state index contributed by atoms with van der Waals surface area (Å²) < 4.78 is 15.6. The lowest BCUT2D eigenvalue weighted by atomic mass is 9.95. The summed E-state index contributed by atoms with van der Waals surface area (Å²) in [7, 11) is 3.09. The van der Waals surface area contributed by atoms with Gasteiger partial charge in [0.2, 0.25) is 5.91 Å². The molecule has 0 aliphatic carbocycles. The molecule has 0 atom stereocenters. The standard InChI is InChI=1S/C27H29N3O6/c1-34-22-14-20(15-23(16-22)35-2)27(33)30-11-9-19(10-12-30)25(31)28-17-18-5-7-21(8-6-18)29-26(32)24-4-3-13-36-24/h3-8,13-16,19H,9-12,17H2,1-2H3,(H,28,31)(H,29,32). The summed E-state index contributed by atoms with van der Waals surface area (Å²) in [5.74, 6) is 0.741. The van der Waals surface area contributed by atoms with Crippen molar-refractivity contribution in [1.82, 2.24) is 10.2 Å². The molecule has 3 aromatic rings. The van der Waals surface area contributed by atoms with E-state index in [4.69, 9.17) is 13.9 Å². The van der Waals surface area contributed by atoms with Gasteiger partial charge < -0.3 is 29.4 Å². The molecule has 36 heavy (non-hydrogen) atoms. The van der Waals surface area contributed by atoms with E-state index in [1.165, 1.54) is 6.26 Å². The summed E-state index contributed by atoms with van der Waals surface area (Å²) in [6.07, 6.45) is 2.63. The minimum absolute atomic E-state index is 0.0275. The van der Waals surface area contributed by atoms with E-state index >= 15 is 0 Å². The lowest BCUT2D eigenvalue weighted by molar-refractivity contribution is -0.126. The molecular formula is C27H29N3O6. The third-order valence-corrected chi connectivity index (χ3v) is 6.17. The van der Waals surface area contributed by atoms with Gasteiger partial charge in [0.25, 0.3) is 11.8 Å². The number of rotatable bonds is 8. The van der Waals surface area contributed by atoms with Crippen LogP contribution in [0.15, 0.2) is 65.3 Å². The molecule has 0 saturated carbocycles. The topological polar surface area (TPSA) is 110 Å². The molecule has 188 valence electrons. The molecule has 1 saturated heterocycles. The van der Waals surface area contributed by atoms with Crippen LogP contribution in [0.5, 0.6) is 11.5 Å². The maximum absolute atomic E-state index is 13.0. The van der Waals surface area contributed by atoms with Crippen LogP contribution in [0.4, 0.5) is 5.69 Å². The lowest BCUT2D eigenvalue weighted by Crippen LogP contribution is -2.42. The van der Waals surface area contributed by atoms with Gasteiger partial charge in [-0.2, -0.15) is 0 Å². The second-order valence-corrected chi connectivity index (χ2v) is 8.51. The van der Waals surface area contributed by atoms with Crippen LogP contribution in [-0.4, -0.2) is 49.9 Å². The number of hydrogen-bond acceptors (Lipinski definition) is 6. The van der Waals surface area contributed by atoms with Gasteiger partial charge in [-0.15, -0.1) is 0 Å². The molecule has 1 aromatic heterocycles. The monoisotopic (exact) mass is 491 g/mol. The second kappa shape index (κ2) is 11.4. The maximum atomic E-state index is 13.0. The highest BCUT2D eigenvalue weighted by Gasteiger charge is 2.28. The Hall–Kier alpha value is -4.27. The number of nitrogens with one attached hydrogen (secondary N) is 2. The number of anilines is 1. The number of benzene rings is 2.